The summed E-state index contributed by atoms with van der Waals surface area (Å²) in [5.74, 6) is -0.318. The van der Waals surface area contributed by atoms with Gasteiger partial charge in [0.1, 0.15) is 5.82 Å². The maximum Gasteiger partial charge on any atom is 0.228 e. The standard InChI is InChI=1S/C18H15FN2O2/c1-12-4-2-3-5-13(12)8-18(22)21-14-6-7-15(16(19)9-14)17-10-20-11-23-17/h2-7,9-11H,8H2,1H3,(H,21,22). The fourth-order valence-electron chi connectivity index (χ4n) is 2.33. The van der Waals surface area contributed by atoms with E-state index in [1.54, 1.807) is 12.1 Å². The number of aryl methyl sites for hydroxylation is 1. The molecule has 0 unspecified atom stereocenters. The summed E-state index contributed by atoms with van der Waals surface area (Å²) in [6.45, 7) is 1.95. The van der Waals surface area contributed by atoms with Crippen molar-refractivity contribution in [2.75, 3.05) is 5.32 Å². The van der Waals surface area contributed by atoms with E-state index < -0.39 is 5.82 Å². The zero-order valence-electron chi connectivity index (χ0n) is 12.5. The molecule has 1 N–H and O–H groups in total. The molecule has 0 aliphatic heterocycles. The highest BCUT2D eigenvalue weighted by Crippen LogP contribution is 2.25. The van der Waals surface area contributed by atoms with Gasteiger partial charge >= 0.3 is 0 Å². The van der Waals surface area contributed by atoms with E-state index >= 15 is 0 Å². The third-order valence-corrected chi connectivity index (χ3v) is 3.56. The molecule has 3 rings (SSSR count). The first-order valence-corrected chi connectivity index (χ1v) is 7.16. The molecule has 3 aromatic rings. The van der Waals surface area contributed by atoms with Gasteiger partial charge in [0.2, 0.25) is 5.91 Å². The molecule has 0 saturated carbocycles. The second kappa shape index (κ2) is 6.44. The van der Waals surface area contributed by atoms with Gasteiger partial charge in [-0.3, -0.25) is 4.79 Å². The minimum Gasteiger partial charge on any atom is -0.443 e. The Morgan fingerprint density at radius 3 is 2.78 bits per heavy atom. The van der Waals surface area contributed by atoms with Crippen LogP contribution in [-0.2, 0) is 11.2 Å². The monoisotopic (exact) mass is 310 g/mol. The number of halogens is 1. The van der Waals surface area contributed by atoms with E-state index in [0.717, 1.165) is 11.1 Å². The van der Waals surface area contributed by atoms with Crippen LogP contribution in [0.25, 0.3) is 11.3 Å². The number of amides is 1. The molecular formula is C18H15FN2O2. The molecule has 0 bridgehead atoms. The fourth-order valence-corrected chi connectivity index (χ4v) is 2.33. The first-order chi connectivity index (χ1) is 11.1. The molecule has 5 heteroatoms. The van der Waals surface area contributed by atoms with Crippen molar-refractivity contribution in [1.82, 2.24) is 4.98 Å². The molecule has 0 atom stereocenters. The Balaban J connectivity index is 1.72. The van der Waals surface area contributed by atoms with Crippen molar-refractivity contribution in [3.63, 3.8) is 0 Å². The van der Waals surface area contributed by atoms with Crippen molar-refractivity contribution >= 4 is 11.6 Å². The Kier molecular flexibility index (Phi) is 4.19. The number of aromatic nitrogens is 1. The Morgan fingerprint density at radius 1 is 1.26 bits per heavy atom. The molecule has 0 radical (unpaired) electrons. The van der Waals surface area contributed by atoms with E-state index in [-0.39, 0.29) is 12.3 Å². The molecule has 1 heterocycles. The van der Waals surface area contributed by atoms with Gasteiger partial charge in [-0.25, -0.2) is 9.37 Å². The van der Waals surface area contributed by atoms with E-state index in [1.807, 2.05) is 31.2 Å². The summed E-state index contributed by atoms with van der Waals surface area (Å²) < 4.78 is 19.2. The maximum absolute atomic E-state index is 14.1. The Hall–Kier alpha value is -2.95. The van der Waals surface area contributed by atoms with Crippen LogP contribution in [0.2, 0.25) is 0 Å². The van der Waals surface area contributed by atoms with Gasteiger partial charge in [0.05, 0.1) is 18.2 Å². The van der Waals surface area contributed by atoms with Crippen LogP contribution in [-0.4, -0.2) is 10.9 Å². The minimum atomic E-state index is -0.476. The summed E-state index contributed by atoms with van der Waals surface area (Å²) in [6, 6.07) is 12.1. The summed E-state index contributed by atoms with van der Waals surface area (Å²) in [7, 11) is 0. The van der Waals surface area contributed by atoms with Crippen molar-refractivity contribution in [3.8, 4) is 11.3 Å². The van der Waals surface area contributed by atoms with E-state index in [0.29, 0.717) is 17.0 Å². The average Bonchev–Trinajstić information content (AvgIpc) is 3.04. The van der Waals surface area contributed by atoms with Crippen LogP contribution in [0.3, 0.4) is 0 Å². The van der Waals surface area contributed by atoms with Gasteiger partial charge in [0.15, 0.2) is 12.2 Å². The number of hydrogen-bond donors (Lipinski definition) is 1. The molecule has 0 aliphatic rings. The van der Waals surface area contributed by atoms with Crippen LogP contribution < -0.4 is 5.32 Å². The number of benzene rings is 2. The zero-order chi connectivity index (χ0) is 16.2. The van der Waals surface area contributed by atoms with E-state index in [9.17, 15) is 9.18 Å². The number of carbonyl (C=O) groups is 1. The first-order valence-electron chi connectivity index (χ1n) is 7.16. The van der Waals surface area contributed by atoms with Crippen molar-refractivity contribution in [2.45, 2.75) is 13.3 Å². The Morgan fingerprint density at radius 2 is 2.09 bits per heavy atom. The lowest BCUT2D eigenvalue weighted by atomic mass is 10.1. The molecule has 1 amide bonds. The molecule has 1 aromatic heterocycles. The largest absolute Gasteiger partial charge is 0.443 e. The van der Waals surface area contributed by atoms with Gasteiger partial charge in [-0.15, -0.1) is 0 Å². The number of anilines is 1. The highest BCUT2D eigenvalue weighted by Gasteiger charge is 2.11. The maximum atomic E-state index is 14.1. The number of carbonyl (C=O) groups excluding carboxylic acids is 1. The van der Waals surface area contributed by atoms with Gasteiger partial charge < -0.3 is 9.73 Å². The molecule has 0 aliphatic carbocycles. The minimum absolute atomic E-state index is 0.189. The van der Waals surface area contributed by atoms with Gasteiger partial charge in [-0.1, -0.05) is 24.3 Å². The van der Waals surface area contributed by atoms with Gasteiger partial charge in [0, 0.05) is 5.69 Å². The lowest BCUT2D eigenvalue weighted by Crippen LogP contribution is -2.15. The molecule has 116 valence electrons. The molecule has 0 saturated heterocycles. The normalized spacial score (nSPS) is 10.5. The number of nitrogens with zero attached hydrogens (tertiary/aromatic N) is 1. The average molecular weight is 310 g/mol. The van der Waals surface area contributed by atoms with Crippen LogP contribution >= 0.6 is 0 Å². The second-order valence-electron chi connectivity index (χ2n) is 5.21. The Labute approximate surface area is 133 Å². The highest BCUT2D eigenvalue weighted by atomic mass is 19.1. The lowest BCUT2D eigenvalue weighted by molar-refractivity contribution is -0.115. The quantitative estimate of drug-likeness (QED) is 0.793. The first kappa shape index (κ1) is 15.0. The summed E-state index contributed by atoms with van der Waals surface area (Å²) >= 11 is 0. The Bertz CT molecular complexity index is 829. The van der Waals surface area contributed by atoms with Gasteiger partial charge in [-0.2, -0.15) is 0 Å². The second-order valence-corrected chi connectivity index (χ2v) is 5.21. The molecule has 0 fully saturated rings. The van der Waals surface area contributed by atoms with Crippen LogP contribution in [0.1, 0.15) is 11.1 Å². The molecule has 4 nitrogen and oxygen atoms in total. The summed E-state index contributed by atoms with van der Waals surface area (Å²) in [4.78, 5) is 15.9. The molecular weight excluding hydrogens is 295 g/mol. The summed E-state index contributed by atoms with van der Waals surface area (Å²) in [6.07, 6.45) is 2.93. The third kappa shape index (κ3) is 3.45. The van der Waals surface area contributed by atoms with Crippen LogP contribution in [0.4, 0.5) is 10.1 Å². The van der Waals surface area contributed by atoms with E-state index in [1.165, 1.54) is 18.7 Å². The van der Waals surface area contributed by atoms with Crippen LogP contribution in [0, 0.1) is 12.7 Å². The molecule has 23 heavy (non-hydrogen) atoms. The number of nitrogens with one attached hydrogen (secondary N) is 1. The third-order valence-electron chi connectivity index (χ3n) is 3.56. The number of oxazole rings is 1. The fraction of sp³-hybridized carbons (Fsp3) is 0.111. The SMILES string of the molecule is Cc1ccccc1CC(=O)Nc1ccc(-c2cnco2)c(F)c1. The van der Waals surface area contributed by atoms with Crippen molar-refractivity contribution in [3.05, 3.63) is 72.0 Å². The van der Waals surface area contributed by atoms with Gasteiger partial charge in [-0.05, 0) is 36.2 Å². The predicted octanol–water partition coefficient (Wildman–Crippen LogP) is 3.97. The highest BCUT2D eigenvalue weighted by molar-refractivity contribution is 5.92. The summed E-state index contributed by atoms with van der Waals surface area (Å²) in [5.41, 5.74) is 2.71. The lowest BCUT2D eigenvalue weighted by Gasteiger charge is -2.08. The summed E-state index contributed by atoms with van der Waals surface area (Å²) in [5, 5.41) is 2.71. The van der Waals surface area contributed by atoms with Crippen LogP contribution in [0.5, 0.6) is 0 Å². The predicted molar refractivity (Wildman–Crippen MR) is 85.4 cm³/mol. The van der Waals surface area contributed by atoms with E-state index in [2.05, 4.69) is 10.3 Å². The number of hydrogen-bond acceptors (Lipinski definition) is 3. The molecule has 0 spiro atoms. The number of rotatable bonds is 4. The smallest absolute Gasteiger partial charge is 0.228 e. The van der Waals surface area contributed by atoms with Crippen molar-refractivity contribution < 1.29 is 13.6 Å². The van der Waals surface area contributed by atoms with Crippen molar-refractivity contribution in [2.24, 2.45) is 0 Å². The van der Waals surface area contributed by atoms with Crippen LogP contribution in [0.15, 0.2) is 59.5 Å². The van der Waals surface area contributed by atoms with E-state index in [4.69, 9.17) is 4.42 Å². The van der Waals surface area contributed by atoms with Gasteiger partial charge in [0.25, 0.3) is 0 Å². The topological polar surface area (TPSA) is 55.1 Å². The molecule has 2 aromatic carbocycles. The zero-order valence-corrected chi connectivity index (χ0v) is 12.5. The van der Waals surface area contributed by atoms with Crippen molar-refractivity contribution in [1.29, 1.82) is 0 Å².